The second-order valence-electron chi connectivity index (χ2n) is 3.37. The molecule has 1 atom stereocenters. The predicted octanol–water partition coefficient (Wildman–Crippen LogP) is 4.19. The fourth-order valence-electron chi connectivity index (χ4n) is 1.18. The van der Waals surface area contributed by atoms with Crippen molar-refractivity contribution in [3.05, 3.63) is 11.6 Å². The summed E-state index contributed by atoms with van der Waals surface area (Å²) in [5, 5.41) is 1.80. The zero-order valence-electron chi connectivity index (χ0n) is 7.24. The van der Waals surface area contributed by atoms with E-state index >= 15 is 0 Å². The molecule has 11 heavy (non-hydrogen) atoms. The zero-order chi connectivity index (χ0) is 8.85. The molecule has 0 amide bonds. The van der Waals surface area contributed by atoms with Crippen molar-refractivity contribution < 1.29 is 0 Å². The summed E-state index contributed by atoms with van der Waals surface area (Å²) >= 11 is 9.19. The summed E-state index contributed by atoms with van der Waals surface area (Å²) in [4.78, 5) is 0. The molecule has 0 bridgehead atoms. The molecule has 0 aliphatic rings. The third-order valence-electron chi connectivity index (χ3n) is 1.53. The first-order chi connectivity index (χ1) is 5.06. The van der Waals surface area contributed by atoms with Gasteiger partial charge >= 0.3 is 0 Å². The van der Waals surface area contributed by atoms with Crippen LogP contribution in [0, 0.1) is 11.8 Å². The second-order valence-corrected chi connectivity index (χ2v) is 4.55. The van der Waals surface area contributed by atoms with Gasteiger partial charge in [0.2, 0.25) is 0 Å². The van der Waals surface area contributed by atoms with Crippen LogP contribution in [0.4, 0.5) is 0 Å². The Kier molecular flexibility index (Phi) is 6.36. The maximum absolute atomic E-state index is 5.72. The van der Waals surface area contributed by atoms with E-state index < -0.39 is 0 Å². The smallest absolute Gasteiger partial charge is 0.0112 e. The van der Waals surface area contributed by atoms with E-state index in [0.717, 1.165) is 22.7 Å². The lowest BCUT2D eigenvalue weighted by Gasteiger charge is -2.14. The minimum absolute atomic E-state index is 0.653. The highest BCUT2D eigenvalue weighted by Crippen LogP contribution is 2.22. The van der Waals surface area contributed by atoms with Gasteiger partial charge in [-0.05, 0) is 24.7 Å². The van der Waals surface area contributed by atoms with Crippen molar-refractivity contribution in [2.75, 3.05) is 5.33 Å². The van der Waals surface area contributed by atoms with Gasteiger partial charge in [0.05, 0.1) is 0 Å². The minimum Gasteiger partial charge on any atom is -0.0925 e. The Bertz CT molecular complexity index is 121. The molecule has 0 radical (unpaired) electrons. The molecule has 0 saturated heterocycles. The Morgan fingerprint density at radius 1 is 1.55 bits per heavy atom. The van der Waals surface area contributed by atoms with Crippen molar-refractivity contribution in [2.24, 2.45) is 11.8 Å². The van der Waals surface area contributed by atoms with Crippen LogP contribution in [0.1, 0.15) is 26.7 Å². The lowest BCUT2D eigenvalue weighted by molar-refractivity contribution is 0.449. The van der Waals surface area contributed by atoms with Gasteiger partial charge in [-0.25, -0.2) is 0 Å². The van der Waals surface area contributed by atoms with E-state index in [-0.39, 0.29) is 0 Å². The van der Waals surface area contributed by atoms with Gasteiger partial charge in [0, 0.05) is 10.4 Å². The fraction of sp³-hybridized carbons (Fsp3) is 0.778. The monoisotopic (exact) mass is 238 g/mol. The average Bonchev–Trinajstić information content (AvgIpc) is 1.84. The van der Waals surface area contributed by atoms with Crippen LogP contribution in [-0.2, 0) is 0 Å². The molecule has 66 valence electrons. The standard InChI is InChI=1S/C9H16BrCl/c1-7(2)4-9(6-10)5-8(3)11/h7,9H,3-6H2,1-2H3. The molecule has 0 N–H and O–H groups in total. The number of allylic oxidation sites excluding steroid dienone is 1. The van der Waals surface area contributed by atoms with Gasteiger partial charge in [-0.15, -0.1) is 0 Å². The van der Waals surface area contributed by atoms with Crippen molar-refractivity contribution in [2.45, 2.75) is 26.7 Å². The molecule has 1 unspecified atom stereocenters. The topological polar surface area (TPSA) is 0 Å². The van der Waals surface area contributed by atoms with E-state index in [0.29, 0.717) is 5.92 Å². The average molecular weight is 240 g/mol. The molecule has 2 heteroatoms. The summed E-state index contributed by atoms with van der Waals surface area (Å²) in [6.07, 6.45) is 2.15. The lowest BCUT2D eigenvalue weighted by atomic mass is 9.96. The number of hydrogen-bond donors (Lipinski definition) is 0. The summed E-state index contributed by atoms with van der Waals surface area (Å²) in [6.45, 7) is 8.15. The number of halogens is 2. The molecule has 0 aliphatic carbocycles. The fourth-order valence-corrected chi connectivity index (χ4v) is 1.89. The van der Waals surface area contributed by atoms with Crippen LogP contribution in [0.15, 0.2) is 11.6 Å². The van der Waals surface area contributed by atoms with Crippen LogP contribution >= 0.6 is 27.5 Å². The van der Waals surface area contributed by atoms with Gasteiger partial charge in [0.15, 0.2) is 0 Å². The SMILES string of the molecule is C=C(Cl)CC(CBr)CC(C)C. The molecule has 0 fully saturated rings. The first kappa shape index (κ1) is 11.5. The highest BCUT2D eigenvalue weighted by atomic mass is 79.9. The predicted molar refractivity (Wildman–Crippen MR) is 56.3 cm³/mol. The van der Waals surface area contributed by atoms with Gasteiger partial charge in [0.25, 0.3) is 0 Å². The normalized spacial score (nSPS) is 13.5. The highest BCUT2D eigenvalue weighted by molar-refractivity contribution is 9.09. The van der Waals surface area contributed by atoms with E-state index in [9.17, 15) is 0 Å². The first-order valence-corrected chi connectivity index (χ1v) is 5.45. The van der Waals surface area contributed by atoms with E-state index in [2.05, 4.69) is 36.4 Å². The molecule has 0 spiro atoms. The van der Waals surface area contributed by atoms with Gasteiger partial charge < -0.3 is 0 Å². The summed E-state index contributed by atoms with van der Waals surface area (Å²) in [7, 11) is 0. The van der Waals surface area contributed by atoms with E-state index in [1.54, 1.807) is 0 Å². The molecule has 0 aromatic rings. The van der Waals surface area contributed by atoms with Crippen molar-refractivity contribution in [1.82, 2.24) is 0 Å². The van der Waals surface area contributed by atoms with Crippen LogP contribution in [0.3, 0.4) is 0 Å². The number of hydrogen-bond acceptors (Lipinski definition) is 0. The molecular formula is C9H16BrCl. The van der Waals surface area contributed by atoms with Crippen LogP contribution in [0.25, 0.3) is 0 Å². The van der Waals surface area contributed by atoms with Gasteiger partial charge in [-0.1, -0.05) is 48.0 Å². The van der Waals surface area contributed by atoms with Crippen LogP contribution in [0.5, 0.6) is 0 Å². The maximum Gasteiger partial charge on any atom is 0.0112 e. The van der Waals surface area contributed by atoms with Gasteiger partial charge in [0.1, 0.15) is 0 Å². The second kappa shape index (κ2) is 6.07. The Balaban J connectivity index is 3.66. The summed E-state index contributed by atoms with van der Waals surface area (Å²) < 4.78 is 0. The van der Waals surface area contributed by atoms with E-state index in [1.807, 2.05) is 0 Å². The molecule has 0 heterocycles. The van der Waals surface area contributed by atoms with Crippen molar-refractivity contribution in [3.63, 3.8) is 0 Å². The minimum atomic E-state index is 0.653. The molecule has 0 rings (SSSR count). The largest absolute Gasteiger partial charge is 0.0925 e. The quantitative estimate of drug-likeness (QED) is 0.631. The van der Waals surface area contributed by atoms with Crippen molar-refractivity contribution >= 4 is 27.5 Å². The van der Waals surface area contributed by atoms with E-state index in [1.165, 1.54) is 6.42 Å². The van der Waals surface area contributed by atoms with Crippen LogP contribution < -0.4 is 0 Å². The highest BCUT2D eigenvalue weighted by Gasteiger charge is 2.09. The maximum atomic E-state index is 5.72. The summed E-state index contributed by atoms with van der Waals surface area (Å²) in [5.41, 5.74) is 0. The van der Waals surface area contributed by atoms with Gasteiger partial charge in [-0.2, -0.15) is 0 Å². The third-order valence-corrected chi connectivity index (χ3v) is 2.60. The summed E-state index contributed by atoms with van der Waals surface area (Å²) in [6, 6.07) is 0. The molecule has 0 nitrogen and oxygen atoms in total. The number of alkyl halides is 1. The first-order valence-electron chi connectivity index (χ1n) is 3.95. The third kappa shape index (κ3) is 6.89. The Hall–Kier alpha value is 0.510. The number of rotatable bonds is 5. The van der Waals surface area contributed by atoms with Crippen LogP contribution in [-0.4, -0.2) is 5.33 Å². The Morgan fingerprint density at radius 2 is 2.09 bits per heavy atom. The van der Waals surface area contributed by atoms with Crippen molar-refractivity contribution in [3.8, 4) is 0 Å². The van der Waals surface area contributed by atoms with E-state index in [4.69, 9.17) is 11.6 Å². The van der Waals surface area contributed by atoms with Crippen LogP contribution in [0.2, 0.25) is 0 Å². The van der Waals surface area contributed by atoms with Crippen molar-refractivity contribution in [1.29, 1.82) is 0 Å². The summed E-state index contributed by atoms with van der Waals surface area (Å²) in [5.74, 6) is 1.40. The lowest BCUT2D eigenvalue weighted by Crippen LogP contribution is -2.05. The molecule has 0 aromatic heterocycles. The molecule has 0 aromatic carbocycles. The zero-order valence-corrected chi connectivity index (χ0v) is 9.58. The Morgan fingerprint density at radius 3 is 2.36 bits per heavy atom. The molecule has 0 saturated carbocycles. The molecule has 0 aliphatic heterocycles. The Labute approximate surface area is 83.1 Å². The van der Waals surface area contributed by atoms with Gasteiger partial charge in [-0.3, -0.25) is 0 Å². The molecular weight excluding hydrogens is 223 g/mol.